The molecule has 0 rings (SSSR count). The fourth-order valence-electron chi connectivity index (χ4n) is 0.469. The van der Waals surface area contributed by atoms with E-state index >= 15 is 0 Å². The number of esters is 1. The second-order valence-corrected chi connectivity index (χ2v) is 1.90. The number of nitrogens with one attached hydrogen (secondary N) is 1. The van der Waals surface area contributed by atoms with Crippen molar-refractivity contribution in [2.45, 2.75) is 6.92 Å². The zero-order valence-electron chi connectivity index (χ0n) is 7.21. The summed E-state index contributed by atoms with van der Waals surface area (Å²) in [6, 6.07) is 0. The summed E-state index contributed by atoms with van der Waals surface area (Å²) in [6.07, 6.45) is 1.15. The zero-order valence-corrected chi connectivity index (χ0v) is 7.21. The molecule has 0 atom stereocenters. The number of hydrogen-bond donors (Lipinski definition) is 1. The Morgan fingerprint density at radius 3 is 2.17 bits per heavy atom. The van der Waals surface area contributed by atoms with E-state index in [1.807, 2.05) is 0 Å². The summed E-state index contributed by atoms with van der Waals surface area (Å²) in [6.45, 7) is 1.32. The van der Waals surface area contributed by atoms with Crippen molar-refractivity contribution in [2.24, 2.45) is 0 Å². The van der Waals surface area contributed by atoms with Gasteiger partial charge < -0.3 is 14.8 Å². The molecule has 0 aromatic carbocycles. The van der Waals surface area contributed by atoms with Crippen molar-refractivity contribution in [1.29, 1.82) is 0 Å². The summed E-state index contributed by atoms with van der Waals surface area (Å²) in [7, 11) is 2.54. The Morgan fingerprint density at radius 1 is 1.25 bits per heavy atom. The van der Waals surface area contributed by atoms with Gasteiger partial charge in [0, 0.05) is 6.92 Å². The van der Waals surface area contributed by atoms with E-state index in [0.717, 1.165) is 6.20 Å². The molecule has 5 heteroatoms. The van der Waals surface area contributed by atoms with E-state index in [0.29, 0.717) is 0 Å². The maximum atomic E-state index is 10.8. The smallest absolute Gasteiger partial charge is 0.374 e. The van der Waals surface area contributed by atoms with E-state index in [9.17, 15) is 9.59 Å². The predicted molar refractivity (Wildman–Crippen MR) is 40.9 cm³/mol. The lowest BCUT2D eigenvalue weighted by Gasteiger charge is -2.02. The molecule has 1 amide bonds. The Kier molecular flexibility index (Phi) is 4.52. The molecular weight excluding hydrogens is 162 g/mol. The van der Waals surface area contributed by atoms with Crippen LogP contribution < -0.4 is 5.32 Å². The number of amides is 1. The van der Waals surface area contributed by atoms with Crippen molar-refractivity contribution in [2.75, 3.05) is 14.2 Å². The van der Waals surface area contributed by atoms with Crippen molar-refractivity contribution >= 4 is 11.9 Å². The first-order valence-corrected chi connectivity index (χ1v) is 3.21. The predicted octanol–water partition coefficient (Wildman–Crippen LogP) is -0.217. The highest BCUT2D eigenvalue weighted by Crippen LogP contribution is 1.95. The molecule has 0 aromatic rings. The normalized spacial score (nSPS) is 10.4. The largest absolute Gasteiger partial charge is 0.489 e. The lowest BCUT2D eigenvalue weighted by molar-refractivity contribution is -0.139. The van der Waals surface area contributed by atoms with Crippen LogP contribution in [0.1, 0.15) is 6.92 Å². The van der Waals surface area contributed by atoms with E-state index in [1.54, 1.807) is 0 Å². The average molecular weight is 173 g/mol. The van der Waals surface area contributed by atoms with Crippen LogP contribution in [0.15, 0.2) is 12.0 Å². The van der Waals surface area contributed by atoms with E-state index in [4.69, 9.17) is 0 Å². The summed E-state index contributed by atoms with van der Waals surface area (Å²) < 4.78 is 8.98. The third kappa shape index (κ3) is 3.60. The number of carbonyl (C=O) groups excluding carboxylic acids is 2. The van der Waals surface area contributed by atoms with Gasteiger partial charge in [-0.1, -0.05) is 0 Å². The highest BCUT2D eigenvalue weighted by atomic mass is 16.6. The number of hydrogen-bond acceptors (Lipinski definition) is 4. The van der Waals surface area contributed by atoms with E-state index in [1.165, 1.54) is 21.1 Å². The molecule has 0 bridgehead atoms. The molecule has 0 aliphatic heterocycles. The van der Waals surface area contributed by atoms with Crippen molar-refractivity contribution < 1.29 is 19.1 Å². The van der Waals surface area contributed by atoms with Gasteiger partial charge in [-0.25, -0.2) is 4.79 Å². The van der Waals surface area contributed by atoms with Crippen LogP contribution in [0.2, 0.25) is 0 Å². The molecule has 0 radical (unpaired) electrons. The van der Waals surface area contributed by atoms with Gasteiger partial charge in [0.15, 0.2) is 0 Å². The first-order chi connectivity index (χ1) is 5.61. The van der Waals surface area contributed by atoms with Gasteiger partial charge in [-0.3, -0.25) is 4.79 Å². The number of carbonyl (C=O) groups is 2. The molecular formula is C7H11NO4. The topological polar surface area (TPSA) is 64.6 Å². The van der Waals surface area contributed by atoms with E-state index in [-0.39, 0.29) is 11.7 Å². The third-order valence-electron chi connectivity index (χ3n) is 1.01. The molecule has 0 spiro atoms. The van der Waals surface area contributed by atoms with Crippen LogP contribution in [0.25, 0.3) is 0 Å². The molecule has 0 unspecified atom stereocenters. The summed E-state index contributed by atoms with van der Waals surface area (Å²) in [4.78, 5) is 21.2. The molecule has 0 fully saturated rings. The second-order valence-electron chi connectivity index (χ2n) is 1.90. The number of rotatable bonds is 3. The maximum absolute atomic E-state index is 10.8. The molecule has 0 aromatic heterocycles. The Balaban J connectivity index is 4.22. The molecule has 5 nitrogen and oxygen atoms in total. The maximum Gasteiger partial charge on any atom is 0.374 e. The fraction of sp³-hybridized carbons (Fsp3) is 0.429. The highest BCUT2D eigenvalue weighted by Gasteiger charge is 2.08. The van der Waals surface area contributed by atoms with Gasteiger partial charge in [-0.05, 0) is 0 Å². The van der Waals surface area contributed by atoms with Crippen molar-refractivity contribution in [1.82, 2.24) is 5.32 Å². The molecule has 0 aliphatic carbocycles. The molecule has 0 saturated carbocycles. The summed E-state index contributed by atoms with van der Waals surface area (Å²) >= 11 is 0. The lowest BCUT2D eigenvalue weighted by atomic mass is 10.5. The van der Waals surface area contributed by atoms with Gasteiger partial charge in [0.1, 0.15) is 0 Å². The van der Waals surface area contributed by atoms with Gasteiger partial charge in [0.25, 0.3) is 0 Å². The van der Waals surface area contributed by atoms with Crippen molar-refractivity contribution in [3.63, 3.8) is 0 Å². The van der Waals surface area contributed by atoms with Crippen LogP contribution in [0.3, 0.4) is 0 Å². The Bertz CT molecular complexity index is 209. The van der Waals surface area contributed by atoms with Gasteiger partial charge in [-0.15, -0.1) is 0 Å². The van der Waals surface area contributed by atoms with Crippen LogP contribution in [-0.4, -0.2) is 26.1 Å². The molecule has 68 valence electrons. The van der Waals surface area contributed by atoms with Gasteiger partial charge in [-0.2, -0.15) is 0 Å². The summed E-state index contributed by atoms with van der Waals surface area (Å²) in [5.74, 6) is -0.965. The molecule has 0 aliphatic rings. The van der Waals surface area contributed by atoms with Crippen LogP contribution in [-0.2, 0) is 19.1 Å². The molecule has 1 N–H and O–H groups in total. The van der Waals surface area contributed by atoms with E-state index in [2.05, 4.69) is 14.8 Å². The van der Waals surface area contributed by atoms with Crippen LogP contribution in [0, 0.1) is 0 Å². The fourth-order valence-corrected chi connectivity index (χ4v) is 0.469. The average Bonchev–Trinajstić information content (AvgIpc) is 2.04. The van der Waals surface area contributed by atoms with Crippen LogP contribution in [0.4, 0.5) is 0 Å². The zero-order chi connectivity index (χ0) is 9.56. The van der Waals surface area contributed by atoms with Gasteiger partial charge >= 0.3 is 5.97 Å². The lowest BCUT2D eigenvalue weighted by Crippen LogP contribution is -2.16. The monoisotopic (exact) mass is 173 g/mol. The Labute approximate surface area is 70.3 Å². The highest BCUT2D eigenvalue weighted by molar-refractivity contribution is 5.87. The third-order valence-corrected chi connectivity index (χ3v) is 1.01. The minimum atomic E-state index is -0.633. The standard InChI is InChI=1S/C7H11NO4/c1-5(9)8-4-6(11-2)7(10)12-3/h4H,1-3H3,(H,8,9)/b6-4-. The minimum absolute atomic E-state index is 0.0484. The van der Waals surface area contributed by atoms with Crippen LogP contribution in [0.5, 0.6) is 0 Å². The minimum Gasteiger partial charge on any atom is -0.489 e. The Hall–Kier alpha value is -1.52. The summed E-state index contributed by atoms with van der Waals surface area (Å²) in [5, 5.41) is 2.28. The molecule has 0 saturated heterocycles. The number of methoxy groups -OCH3 is 2. The Morgan fingerprint density at radius 2 is 1.83 bits per heavy atom. The van der Waals surface area contributed by atoms with Crippen molar-refractivity contribution in [3.05, 3.63) is 12.0 Å². The second kappa shape index (κ2) is 5.17. The SMILES string of the molecule is COC(=O)/C(=C/NC(C)=O)OC. The first kappa shape index (κ1) is 10.5. The van der Waals surface area contributed by atoms with Gasteiger partial charge in [0.2, 0.25) is 11.7 Å². The van der Waals surface area contributed by atoms with Gasteiger partial charge in [0.05, 0.1) is 20.4 Å². The quantitative estimate of drug-likeness (QED) is 0.364. The van der Waals surface area contributed by atoms with Crippen molar-refractivity contribution in [3.8, 4) is 0 Å². The molecule has 12 heavy (non-hydrogen) atoms. The molecule has 0 heterocycles. The van der Waals surface area contributed by atoms with Crippen LogP contribution >= 0.6 is 0 Å². The van der Waals surface area contributed by atoms with E-state index < -0.39 is 5.97 Å². The first-order valence-electron chi connectivity index (χ1n) is 3.21. The summed E-state index contributed by atoms with van der Waals surface area (Å²) in [5.41, 5.74) is 0. The number of ether oxygens (including phenoxy) is 2.